The van der Waals surface area contributed by atoms with Crippen molar-refractivity contribution in [3.8, 4) is 0 Å². The summed E-state index contributed by atoms with van der Waals surface area (Å²) in [5, 5.41) is 5.58. The summed E-state index contributed by atoms with van der Waals surface area (Å²) in [5.41, 5.74) is -0.791. The lowest BCUT2D eigenvalue weighted by molar-refractivity contribution is -0.155. The van der Waals surface area contributed by atoms with Gasteiger partial charge in [0.15, 0.2) is 5.60 Å². The summed E-state index contributed by atoms with van der Waals surface area (Å²) in [6.07, 6.45) is 0. The van der Waals surface area contributed by atoms with Crippen LogP contribution < -0.4 is 10.6 Å². The van der Waals surface area contributed by atoms with Crippen LogP contribution in [0.15, 0.2) is 0 Å². The van der Waals surface area contributed by atoms with Gasteiger partial charge >= 0.3 is 6.03 Å². The number of carbonyl (C=O) groups excluding carboxylic acids is 2. The average Bonchev–Trinajstić information content (AvgIpc) is 2.75. The van der Waals surface area contributed by atoms with Gasteiger partial charge < -0.3 is 25.2 Å². The molecule has 2 N–H and O–H groups in total. The fraction of sp³-hybridized carbons (Fsp3) is 0.833. The summed E-state index contributed by atoms with van der Waals surface area (Å²) in [7, 11) is 1.97. The van der Waals surface area contributed by atoms with Crippen LogP contribution in [0.1, 0.15) is 6.92 Å². The van der Waals surface area contributed by atoms with Crippen LogP contribution in [0.4, 0.5) is 4.79 Å². The van der Waals surface area contributed by atoms with Crippen LogP contribution in [-0.2, 0) is 9.53 Å². The molecule has 0 radical (unpaired) electrons. The molecule has 0 aromatic rings. The maximum absolute atomic E-state index is 12.1. The molecular weight excluding hydrogens is 248 g/mol. The Morgan fingerprint density at radius 2 is 2.32 bits per heavy atom. The van der Waals surface area contributed by atoms with Crippen LogP contribution in [0.25, 0.3) is 0 Å². The third-order valence-electron chi connectivity index (χ3n) is 3.56. The first-order valence-corrected chi connectivity index (χ1v) is 6.65. The van der Waals surface area contributed by atoms with Crippen molar-refractivity contribution in [1.29, 1.82) is 0 Å². The highest BCUT2D eigenvalue weighted by molar-refractivity contribution is 5.85. The van der Waals surface area contributed by atoms with Crippen molar-refractivity contribution in [2.24, 2.45) is 0 Å². The van der Waals surface area contributed by atoms with E-state index in [0.717, 1.165) is 6.54 Å². The molecule has 3 amide bonds. The number of amides is 3. The van der Waals surface area contributed by atoms with Crippen LogP contribution in [0, 0.1) is 0 Å². The number of hydrogen-bond acceptors (Lipinski definition) is 4. The molecule has 0 aromatic carbocycles. The highest BCUT2D eigenvalue weighted by Gasteiger charge is 2.38. The van der Waals surface area contributed by atoms with Crippen molar-refractivity contribution >= 4 is 11.9 Å². The van der Waals surface area contributed by atoms with E-state index in [-0.39, 0.29) is 11.9 Å². The molecule has 0 aromatic heterocycles. The standard InChI is InChI=1S/C12H22N4O3/c1-12(9-15(2)7-8-19-12)10(17)13-3-5-16-6-4-14-11(16)18/h3-9H2,1-2H3,(H,13,17)(H,14,18)/t12-/m1/s1. The normalized spacial score (nSPS) is 28.3. The van der Waals surface area contributed by atoms with Crippen LogP contribution >= 0.6 is 0 Å². The molecule has 0 saturated carbocycles. The molecule has 2 aliphatic heterocycles. The van der Waals surface area contributed by atoms with Gasteiger partial charge in [-0.3, -0.25) is 4.79 Å². The van der Waals surface area contributed by atoms with Crippen molar-refractivity contribution in [3.63, 3.8) is 0 Å². The largest absolute Gasteiger partial charge is 0.363 e. The number of morpholine rings is 1. The third kappa shape index (κ3) is 3.36. The van der Waals surface area contributed by atoms with Crippen LogP contribution in [0.3, 0.4) is 0 Å². The highest BCUT2D eigenvalue weighted by atomic mass is 16.5. The molecule has 0 bridgehead atoms. The number of hydrogen-bond donors (Lipinski definition) is 2. The molecule has 0 aliphatic carbocycles. The van der Waals surface area contributed by atoms with Crippen molar-refractivity contribution in [2.75, 3.05) is 52.9 Å². The Hall–Kier alpha value is -1.34. The Kier molecular flexibility index (Phi) is 4.26. The number of likely N-dealkylation sites (N-methyl/N-ethyl adjacent to an activating group) is 1. The fourth-order valence-electron chi connectivity index (χ4n) is 2.42. The summed E-state index contributed by atoms with van der Waals surface area (Å²) in [5.74, 6) is -0.112. The molecule has 19 heavy (non-hydrogen) atoms. The van der Waals surface area contributed by atoms with Crippen molar-refractivity contribution in [1.82, 2.24) is 20.4 Å². The van der Waals surface area contributed by atoms with Crippen molar-refractivity contribution < 1.29 is 14.3 Å². The van der Waals surface area contributed by atoms with Gasteiger partial charge in [-0.15, -0.1) is 0 Å². The van der Waals surface area contributed by atoms with Crippen LogP contribution in [0.2, 0.25) is 0 Å². The zero-order valence-electron chi connectivity index (χ0n) is 11.6. The molecule has 1 atom stereocenters. The van der Waals surface area contributed by atoms with E-state index in [0.29, 0.717) is 39.3 Å². The maximum Gasteiger partial charge on any atom is 0.317 e. The Balaban J connectivity index is 1.76. The van der Waals surface area contributed by atoms with Gasteiger partial charge in [0.1, 0.15) is 0 Å². The molecule has 2 fully saturated rings. The number of nitrogens with zero attached hydrogens (tertiary/aromatic N) is 2. The quantitative estimate of drug-likeness (QED) is 0.676. The van der Waals surface area contributed by atoms with E-state index in [1.165, 1.54) is 0 Å². The summed E-state index contributed by atoms with van der Waals surface area (Å²) >= 11 is 0. The first-order valence-electron chi connectivity index (χ1n) is 6.65. The van der Waals surface area contributed by atoms with Gasteiger partial charge in [-0.05, 0) is 14.0 Å². The Labute approximate surface area is 113 Å². The molecule has 2 heterocycles. The fourth-order valence-corrected chi connectivity index (χ4v) is 2.42. The molecule has 2 rings (SSSR count). The number of carbonyl (C=O) groups is 2. The number of ether oxygens (including phenoxy) is 1. The van der Waals surface area contributed by atoms with Crippen LogP contribution in [-0.4, -0.2) is 80.3 Å². The number of urea groups is 1. The van der Waals surface area contributed by atoms with Crippen LogP contribution in [0.5, 0.6) is 0 Å². The van der Waals surface area contributed by atoms with E-state index in [9.17, 15) is 9.59 Å². The molecular formula is C12H22N4O3. The monoisotopic (exact) mass is 270 g/mol. The van der Waals surface area contributed by atoms with Gasteiger partial charge in [-0.2, -0.15) is 0 Å². The first-order chi connectivity index (χ1) is 9.01. The SMILES string of the molecule is CN1CCO[C@@](C)(C(=O)NCCN2CCNC2=O)C1. The minimum atomic E-state index is -0.791. The zero-order chi connectivity index (χ0) is 13.9. The summed E-state index contributed by atoms with van der Waals surface area (Å²) in [6.45, 7) is 6.16. The molecule has 108 valence electrons. The predicted octanol–water partition coefficient (Wildman–Crippen LogP) is -1.15. The second-order valence-corrected chi connectivity index (χ2v) is 5.29. The maximum atomic E-state index is 12.1. The number of rotatable bonds is 4. The van der Waals surface area contributed by atoms with Gasteiger partial charge in [0.05, 0.1) is 6.61 Å². The first kappa shape index (κ1) is 14.1. The van der Waals surface area contributed by atoms with Gasteiger partial charge in [-0.25, -0.2) is 4.79 Å². The van der Waals surface area contributed by atoms with Crippen molar-refractivity contribution in [3.05, 3.63) is 0 Å². The Morgan fingerprint density at radius 1 is 1.53 bits per heavy atom. The number of nitrogens with one attached hydrogen (secondary N) is 2. The lowest BCUT2D eigenvalue weighted by Gasteiger charge is -2.37. The summed E-state index contributed by atoms with van der Waals surface area (Å²) in [6, 6.07) is -0.0610. The lowest BCUT2D eigenvalue weighted by Crippen LogP contribution is -2.57. The second-order valence-electron chi connectivity index (χ2n) is 5.29. The molecule has 2 aliphatic rings. The molecule has 0 spiro atoms. The summed E-state index contributed by atoms with van der Waals surface area (Å²) < 4.78 is 5.59. The van der Waals surface area contributed by atoms with Gasteiger partial charge in [-0.1, -0.05) is 0 Å². The molecule has 7 nitrogen and oxygen atoms in total. The van der Waals surface area contributed by atoms with E-state index >= 15 is 0 Å². The minimum absolute atomic E-state index is 0.0610. The predicted molar refractivity (Wildman–Crippen MR) is 69.8 cm³/mol. The lowest BCUT2D eigenvalue weighted by atomic mass is 10.0. The highest BCUT2D eigenvalue weighted by Crippen LogP contribution is 2.16. The van der Waals surface area contributed by atoms with E-state index in [4.69, 9.17) is 4.74 Å². The molecule has 7 heteroatoms. The topological polar surface area (TPSA) is 73.9 Å². The second kappa shape index (κ2) is 5.75. The van der Waals surface area contributed by atoms with E-state index in [2.05, 4.69) is 15.5 Å². The molecule has 0 unspecified atom stereocenters. The summed E-state index contributed by atoms with van der Waals surface area (Å²) in [4.78, 5) is 27.2. The van der Waals surface area contributed by atoms with Gasteiger partial charge in [0.2, 0.25) is 0 Å². The smallest absolute Gasteiger partial charge is 0.317 e. The van der Waals surface area contributed by atoms with E-state index in [1.807, 2.05) is 7.05 Å². The minimum Gasteiger partial charge on any atom is -0.363 e. The third-order valence-corrected chi connectivity index (χ3v) is 3.56. The van der Waals surface area contributed by atoms with Gasteiger partial charge in [0.25, 0.3) is 5.91 Å². The van der Waals surface area contributed by atoms with E-state index < -0.39 is 5.60 Å². The zero-order valence-corrected chi connectivity index (χ0v) is 11.6. The van der Waals surface area contributed by atoms with Gasteiger partial charge in [0, 0.05) is 39.3 Å². The Morgan fingerprint density at radius 3 is 2.95 bits per heavy atom. The average molecular weight is 270 g/mol. The van der Waals surface area contributed by atoms with Crippen molar-refractivity contribution in [2.45, 2.75) is 12.5 Å². The molecule has 2 saturated heterocycles. The Bertz CT molecular complexity index is 363. The van der Waals surface area contributed by atoms with E-state index in [1.54, 1.807) is 11.8 Å².